The van der Waals surface area contributed by atoms with Crippen molar-refractivity contribution in [1.29, 1.82) is 0 Å². The second kappa shape index (κ2) is 7.69. The van der Waals surface area contributed by atoms with Crippen LogP contribution in [-0.4, -0.2) is 45.4 Å². The third kappa shape index (κ3) is 4.82. The molecule has 1 aliphatic heterocycles. The maximum absolute atomic E-state index is 12.2. The van der Waals surface area contributed by atoms with Gasteiger partial charge in [0, 0.05) is 6.92 Å². The van der Waals surface area contributed by atoms with Crippen LogP contribution in [0.3, 0.4) is 0 Å². The smallest absolute Gasteiger partial charge is 0.304 e. The number of amides is 3. The lowest BCUT2D eigenvalue weighted by Crippen LogP contribution is -2.69. The van der Waals surface area contributed by atoms with E-state index in [-0.39, 0.29) is 12.3 Å². The second-order valence-electron chi connectivity index (χ2n) is 6.06. The molecule has 2 rings (SSSR count). The normalized spacial score (nSPS) is 19.8. The number of imide groups is 1. The van der Waals surface area contributed by atoms with Crippen LogP contribution in [0, 0.1) is 0 Å². The summed E-state index contributed by atoms with van der Waals surface area (Å²) in [5.74, 6) is -1.26. The Balaban J connectivity index is 2.02. The van der Waals surface area contributed by atoms with E-state index in [0.29, 0.717) is 6.41 Å². The van der Waals surface area contributed by atoms with Crippen LogP contribution < -0.4 is 5.32 Å². The van der Waals surface area contributed by atoms with Crippen molar-refractivity contribution in [3.05, 3.63) is 35.9 Å². The minimum atomic E-state index is -0.944. The number of hydrogen-bond acceptors (Lipinski definition) is 6. The van der Waals surface area contributed by atoms with E-state index in [1.165, 1.54) is 6.92 Å². The van der Waals surface area contributed by atoms with Gasteiger partial charge in [-0.2, -0.15) is 0 Å². The van der Waals surface area contributed by atoms with Crippen molar-refractivity contribution in [3.8, 4) is 0 Å². The number of nitrogens with zero attached hydrogens (tertiary/aromatic N) is 1. The molecule has 3 amide bonds. The predicted octanol–water partition coefficient (Wildman–Crippen LogP) is 1.07. The van der Waals surface area contributed by atoms with E-state index < -0.39 is 28.2 Å². The molecule has 1 aromatic rings. The Morgan fingerprint density at radius 2 is 1.96 bits per heavy atom. The topological polar surface area (TPSA) is 92.8 Å². The van der Waals surface area contributed by atoms with Crippen LogP contribution in [0.4, 0.5) is 0 Å². The number of esters is 1. The summed E-state index contributed by atoms with van der Waals surface area (Å²) in [5.41, 5.74) is 0.823. The lowest BCUT2D eigenvalue weighted by Gasteiger charge is -2.45. The van der Waals surface area contributed by atoms with Crippen molar-refractivity contribution >= 4 is 36.0 Å². The molecular weight excluding hydrogens is 344 g/mol. The van der Waals surface area contributed by atoms with Gasteiger partial charge >= 0.3 is 5.97 Å². The number of ether oxygens (including phenoxy) is 1. The number of carbonyl (C=O) groups is 4. The van der Waals surface area contributed by atoms with Crippen molar-refractivity contribution < 1.29 is 23.9 Å². The molecule has 0 aliphatic carbocycles. The summed E-state index contributed by atoms with van der Waals surface area (Å²) in [5, 5.41) is 2.03. The molecule has 134 valence electrons. The highest BCUT2D eigenvalue weighted by atomic mass is 32.2. The van der Waals surface area contributed by atoms with Crippen molar-refractivity contribution in [3.63, 3.8) is 0 Å². The molecule has 0 aromatic heterocycles. The highest BCUT2D eigenvalue weighted by Crippen LogP contribution is 2.38. The second-order valence-corrected chi connectivity index (χ2v) is 7.76. The summed E-state index contributed by atoms with van der Waals surface area (Å²) in [4.78, 5) is 46.6. The summed E-state index contributed by atoms with van der Waals surface area (Å²) < 4.78 is 5.18. The van der Waals surface area contributed by atoms with Gasteiger partial charge in [-0.1, -0.05) is 42.1 Å². The summed E-state index contributed by atoms with van der Waals surface area (Å²) in [6, 6.07) is 8.30. The standard InChI is InChI=1S/C17H20N2O5S/c1-11(21)24-17(2,3)25-16-14(15(23)19(16)10-20)18-13(22)9-12-7-5-4-6-8-12/h4-8,10,14,16H,9H2,1-3H3,(H,18,22). The molecule has 25 heavy (non-hydrogen) atoms. The van der Waals surface area contributed by atoms with Gasteiger partial charge in [0.1, 0.15) is 11.4 Å². The molecule has 0 spiro atoms. The Morgan fingerprint density at radius 3 is 2.52 bits per heavy atom. The first kappa shape index (κ1) is 19.0. The fourth-order valence-electron chi connectivity index (χ4n) is 2.52. The van der Waals surface area contributed by atoms with Gasteiger partial charge in [-0.25, -0.2) is 0 Å². The molecule has 1 aliphatic rings. The molecular formula is C17H20N2O5S. The van der Waals surface area contributed by atoms with Gasteiger partial charge in [-0.15, -0.1) is 0 Å². The van der Waals surface area contributed by atoms with Gasteiger partial charge < -0.3 is 10.1 Å². The number of likely N-dealkylation sites (tertiary alicyclic amines) is 1. The average molecular weight is 364 g/mol. The zero-order chi connectivity index (χ0) is 18.6. The zero-order valence-electron chi connectivity index (χ0n) is 14.2. The number of β-lactam (4-membered cyclic amide) rings is 1. The minimum absolute atomic E-state index is 0.135. The van der Waals surface area contributed by atoms with Crippen LogP contribution in [0.2, 0.25) is 0 Å². The van der Waals surface area contributed by atoms with E-state index in [4.69, 9.17) is 4.74 Å². The number of rotatable bonds is 7. The molecule has 1 fully saturated rings. The largest absolute Gasteiger partial charge is 0.449 e. The highest BCUT2D eigenvalue weighted by Gasteiger charge is 2.51. The van der Waals surface area contributed by atoms with Crippen LogP contribution in [0.5, 0.6) is 0 Å². The molecule has 0 saturated carbocycles. The molecule has 2 atom stereocenters. The summed E-state index contributed by atoms with van der Waals surface area (Å²) in [6.07, 6.45) is 0.556. The van der Waals surface area contributed by atoms with E-state index in [0.717, 1.165) is 22.2 Å². The van der Waals surface area contributed by atoms with E-state index >= 15 is 0 Å². The Morgan fingerprint density at radius 1 is 1.32 bits per heavy atom. The van der Waals surface area contributed by atoms with Crippen molar-refractivity contribution in [1.82, 2.24) is 10.2 Å². The summed E-state index contributed by atoms with van der Waals surface area (Å²) >= 11 is 1.13. The zero-order valence-corrected chi connectivity index (χ0v) is 15.0. The first-order chi connectivity index (χ1) is 11.7. The molecule has 1 aromatic carbocycles. The average Bonchev–Trinajstić information content (AvgIpc) is 2.52. The predicted molar refractivity (Wildman–Crippen MR) is 92.2 cm³/mol. The monoisotopic (exact) mass is 364 g/mol. The van der Waals surface area contributed by atoms with Gasteiger partial charge in [-0.3, -0.25) is 24.1 Å². The fourth-order valence-corrected chi connectivity index (χ4v) is 3.86. The Labute approximate surface area is 150 Å². The molecule has 1 saturated heterocycles. The van der Waals surface area contributed by atoms with Crippen molar-refractivity contribution in [2.75, 3.05) is 0 Å². The lowest BCUT2D eigenvalue weighted by molar-refractivity contribution is -0.153. The van der Waals surface area contributed by atoms with Crippen molar-refractivity contribution in [2.24, 2.45) is 0 Å². The number of carbonyl (C=O) groups excluding carboxylic acids is 4. The minimum Gasteiger partial charge on any atom is -0.449 e. The Bertz CT molecular complexity index is 677. The molecule has 2 unspecified atom stereocenters. The van der Waals surface area contributed by atoms with E-state index in [1.807, 2.05) is 30.3 Å². The van der Waals surface area contributed by atoms with Gasteiger partial charge in [0.25, 0.3) is 5.91 Å². The van der Waals surface area contributed by atoms with Gasteiger partial charge in [0.15, 0.2) is 4.93 Å². The maximum atomic E-state index is 12.2. The number of nitrogens with one attached hydrogen (secondary N) is 1. The van der Waals surface area contributed by atoms with E-state index in [1.54, 1.807) is 13.8 Å². The quantitative estimate of drug-likeness (QED) is 0.337. The molecule has 0 radical (unpaired) electrons. The first-order valence-corrected chi connectivity index (χ1v) is 8.59. The van der Waals surface area contributed by atoms with Gasteiger partial charge in [-0.05, 0) is 19.4 Å². The Hall–Kier alpha value is -2.35. The van der Waals surface area contributed by atoms with Crippen LogP contribution in [-0.2, 0) is 30.3 Å². The number of benzene rings is 1. The lowest BCUT2D eigenvalue weighted by atomic mass is 10.1. The first-order valence-electron chi connectivity index (χ1n) is 7.71. The summed E-state index contributed by atoms with van der Waals surface area (Å²) in [6.45, 7) is 4.60. The van der Waals surface area contributed by atoms with Crippen LogP contribution >= 0.6 is 11.8 Å². The SMILES string of the molecule is CC(=O)OC(C)(C)SC1C(NC(=O)Cc2ccccc2)C(=O)N1C=O. The van der Waals surface area contributed by atoms with Crippen molar-refractivity contribution in [2.45, 2.75) is 43.5 Å². The van der Waals surface area contributed by atoms with E-state index in [9.17, 15) is 19.2 Å². The molecule has 7 nitrogen and oxygen atoms in total. The number of thioether (sulfide) groups is 1. The van der Waals surface area contributed by atoms with Gasteiger partial charge in [0.05, 0.1) is 6.42 Å². The summed E-state index contributed by atoms with van der Waals surface area (Å²) in [7, 11) is 0. The highest BCUT2D eigenvalue weighted by molar-refractivity contribution is 8.01. The molecule has 8 heteroatoms. The van der Waals surface area contributed by atoms with Crippen LogP contribution in [0.25, 0.3) is 0 Å². The maximum Gasteiger partial charge on any atom is 0.304 e. The molecule has 1 heterocycles. The van der Waals surface area contributed by atoms with Crippen LogP contribution in [0.1, 0.15) is 26.3 Å². The molecule has 1 N–H and O–H groups in total. The van der Waals surface area contributed by atoms with Gasteiger partial charge in [0.2, 0.25) is 12.3 Å². The molecule has 0 bridgehead atoms. The third-order valence-electron chi connectivity index (χ3n) is 3.51. The number of hydrogen-bond donors (Lipinski definition) is 1. The van der Waals surface area contributed by atoms with E-state index in [2.05, 4.69) is 5.32 Å². The fraction of sp³-hybridized carbons (Fsp3) is 0.412. The third-order valence-corrected chi connectivity index (χ3v) is 4.90. The van der Waals surface area contributed by atoms with Crippen LogP contribution in [0.15, 0.2) is 30.3 Å². The Kier molecular flexibility index (Phi) is 5.84.